The number of aliphatic hydroxyl groups excluding tert-OH is 4. The van der Waals surface area contributed by atoms with Crippen LogP contribution in [-0.4, -0.2) is 110 Å². The number of esters is 1. The third-order valence-corrected chi connectivity index (χ3v) is 15.9. The van der Waals surface area contributed by atoms with Crippen molar-refractivity contribution in [3.8, 4) is 0 Å². The molecule has 3 aliphatic heterocycles. The van der Waals surface area contributed by atoms with Gasteiger partial charge in [0.1, 0.15) is 42.7 Å². The molecule has 5 N–H and O–H groups in total. The smallest absolute Gasteiger partial charge is 0.302 e. The minimum atomic E-state index is -1.66. The van der Waals surface area contributed by atoms with Crippen molar-refractivity contribution in [2.45, 2.75) is 160 Å². The molecule has 0 radical (unpaired) electrons. The fraction of sp³-hybridized carbons (Fsp3) is 0.895. The van der Waals surface area contributed by atoms with E-state index in [1.165, 1.54) is 6.92 Å². The lowest BCUT2D eigenvalue weighted by molar-refractivity contribution is -0.279. The van der Waals surface area contributed by atoms with Gasteiger partial charge in [0, 0.05) is 23.7 Å². The molecule has 0 aromatic heterocycles. The summed E-state index contributed by atoms with van der Waals surface area (Å²) in [5.74, 6) is -2.61. The maximum Gasteiger partial charge on any atom is 0.302 e. The lowest BCUT2D eigenvalue weighted by atomic mass is 9.45. The lowest BCUT2D eigenvalue weighted by Crippen LogP contribution is -2.63. The fourth-order valence-corrected chi connectivity index (χ4v) is 13.0. The summed E-state index contributed by atoms with van der Waals surface area (Å²) in [6.07, 6.45) is -2.11. The van der Waals surface area contributed by atoms with Gasteiger partial charge in [0.15, 0.2) is 17.9 Å². The molecule has 0 aromatic carbocycles. The second kappa shape index (κ2) is 10.6. The topological polar surface area (TPSA) is 185 Å². The zero-order chi connectivity index (χ0) is 36.4. The van der Waals surface area contributed by atoms with Gasteiger partial charge in [-0.1, -0.05) is 39.3 Å². The molecular formula is C38H56O12. The Morgan fingerprint density at radius 2 is 1.72 bits per heavy atom. The molecule has 2 spiro atoms. The van der Waals surface area contributed by atoms with Crippen LogP contribution in [-0.2, 0) is 33.3 Å². The van der Waals surface area contributed by atoms with Gasteiger partial charge in [0.2, 0.25) is 0 Å². The van der Waals surface area contributed by atoms with Crippen LogP contribution in [0.4, 0.5) is 0 Å². The number of carbonyl (C=O) groups excluding carboxylic acids is 2. The monoisotopic (exact) mass is 704 g/mol. The molecule has 8 rings (SSSR count). The van der Waals surface area contributed by atoms with Crippen LogP contribution in [0.3, 0.4) is 0 Å². The van der Waals surface area contributed by atoms with Gasteiger partial charge in [-0.2, -0.15) is 0 Å². The number of carbonyl (C=O) groups is 2. The van der Waals surface area contributed by atoms with Gasteiger partial charge in [-0.25, -0.2) is 0 Å². The molecule has 5 aliphatic carbocycles. The number of allylic oxidation sites excluding steroid dienone is 1. The summed E-state index contributed by atoms with van der Waals surface area (Å²) in [6, 6.07) is 0. The largest absolute Gasteiger partial charge is 0.462 e. The SMILES string of the molecule is CC(=O)O[C@@H]1C[C@@]23C[C@@]24CC[C@H](O[C@@H]2O[C@@H]([C@@H](O)CO)[C@H](O)[C@H]2O)C(C)(C)[C@@H]4CC=C3[C@@]2(C)[C@@]1(C)C[C@H]1[C@H](C)[C@@H](C(=O)[C@@H]3OC3(C)C)O[C@]12O. The zero-order valence-corrected chi connectivity index (χ0v) is 30.5. The van der Waals surface area contributed by atoms with Gasteiger partial charge in [-0.15, -0.1) is 0 Å². The summed E-state index contributed by atoms with van der Waals surface area (Å²) in [6.45, 7) is 15.1. The molecule has 7 fully saturated rings. The molecule has 0 amide bonds. The van der Waals surface area contributed by atoms with E-state index in [2.05, 4.69) is 33.8 Å². The molecule has 4 saturated carbocycles. The van der Waals surface area contributed by atoms with Crippen molar-refractivity contribution < 1.29 is 58.8 Å². The Kier molecular flexibility index (Phi) is 7.53. The number of aliphatic hydroxyl groups is 5. The predicted octanol–water partition coefficient (Wildman–Crippen LogP) is 2.15. The molecule has 0 aromatic rings. The van der Waals surface area contributed by atoms with Gasteiger partial charge in [-0.05, 0) is 82.0 Å². The van der Waals surface area contributed by atoms with Crippen LogP contribution >= 0.6 is 0 Å². The van der Waals surface area contributed by atoms with Crippen molar-refractivity contribution in [2.24, 2.45) is 44.8 Å². The van der Waals surface area contributed by atoms with E-state index < -0.39 is 83.3 Å². The van der Waals surface area contributed by atoms with Gasteiger partial charge < -0.3 is 49.2 Å². The summed E-state index contributed by atoms with van der Waals surface area (Å²) >= 11 is 0. The summed E-state index contributed by atoms with van der Waals surface area (Å²) in [5, 5.41) is 53.9. The van der Waals surface area contributed by atoms with Crippen molar-refractivity contribution in [3.63, 3.8) is 0 Å². The molecule has 17 atom stereocenters. The standard InChI is InChI=1S/C38H56O12/c1-17-19-13-34(7)24(46-18(2)40)14-37-16-36(37)12-11-23(47-31-26(43)25(42)29(48-31)20(41)15-39)32(3,4)21(36)9-10-22(37)35(34,8)38(19,45)49-28(17)27(44)30-33(5,6)50-30/h10,17,19-21,23-26,28-31,39,41-43,45H,9,11-16H2,1-8H3/t17-,19-,20-,21-,23-,24+,25+,26+,28-,29-,30-,31+,34-,35-,36+,37-,38+/m0/s1. The number of epoxide rings is 1. The molecule has 50 heavy (non-hydrogen) atoms. The first kappa shape index (κ1) is 35.5. The Labute approximate surface area is 293 Å². The van der Waals surface area contributed by atoms with E-state index in [9.17, 15) is 35.1 Å². The van der Waals surface area contributed by atoms with Crippen LogP contribution in [0.25, 0.3) is 0 Å². The summed E-state index contributed by atoms with van der Waals surface area (Å²) in [7, 11) is 0. The average molecular weight is 705 g/mol. The van der Waals surface area contributed by atoms with Crippen molar-refractivity contribution in [1.29, 1.82) is 0 Å². The lowest BCUT2D eigenvalue weighted by Gasteiger charge is -2.62. The Bertz CT molecular complexity index is 1510. The quantitative estimate of drug-likeness (QED) is 0.148. The van der Waals surface area contributed by atoms with Crippen LogP contribution in [0.5, 0.6) is 0 Å². The highest BCUT2D eigenvalue weighted by Crippen LogP contribution is 2.89. The molecule has 8 aliphatic rings. The van der Waals surface area contributed by atoms with E-state index in [1.54, 1.807) is 0 Å². The Morgan fingerprint density at radius 1 is 1.04 bits per heavy atom. The zero-order valence-electron chi connectivity index (χ0n) is 30.5. The summed E-state index contributed by atoms with van der Waals surface area (Å²) < 4.78 is 30.9. The normalized spacial score (nSPS) is 55.5. The molecule has 0 bridgehead atoms. The molecule has 3 saturated heterocycles. The van der Waals surface area contributed by atoms with E-state index in [-0.39, 0.29) is 46.4 Å². The molecule has 12 nitrogen and oxygen atoms in total. The predicted molar refractivity (Wildman–Crippen MR) is 175 cm³/mol. The number of hydrogen-bond donors (Lipinski definition) is 5. The van der Waals surface area contributed by atoms with Crippen LogP contribution in [0.2, 0.25) is 0 Å². The summed E-state index contributed by atoms with van der Waals surface area (Å²) in [5.41, 5.74) is -1.91. The number of ketones is 1. The van der Waals surface area contributed by atoms with Crippen LogP contribution in [0.1, 0.15) is 93.9 Å². The van der Waals surface area contributed by atoms with E-state index >= 15 is 0 Å². The Morgan fingerprint density at radius 3 is 2.34 bits per heavy atom. The van der Waals surface area contributed by atoms with Crippen LogP contribution in [0, 0.1) is 44.8 Å². The highest BCUT2D eigenvalue weighted by molar-refractivity contribution is 5.91. The first-order chi connectivity index (χ1) is 23.2. The van der Waals surface area contributed by atoms with Crippen molar-refractivity contribution >= 4 is 11.8 Å². The van der Waals surface area contributed by atoms with Gasteiger partial charge in [-0.3, -0.25) is 9.59 Å². The van der Waals surface area contributed by atoms with Crippen molar-refractivity contribution in [1.82, 2.24) is 0 Å². The fourth-order valence-electron chi connectivity index (χ4n) is 13.0. The van der Waals surface area contributed by atoms with Crippen molar-refractivity contribution in [3.05, 3.63) is 11.6 Å². The highest BCUT2D eigenvalue weighted by atomic mass is 16.7. The maximum absolute atomic E-state index is 13.7. The van der Waals surface area contributed by atoms with E-state index in [0.29, 0.717) is 19.3 Å². The molecule has 0 unspecified atom stereocenters. The average Bonchev–Trinajstić information content (AvgIpc) is 3.80. The molecule has 12 heteroatoms. The third kappa shape index (κ3) is 4.14. The third-order valence-electron chi connectivity index (χ3n) is 15.9. The van der Waals surface area contributed by atoms with E-state index in [0.717, 1.165) is 24.8 Å². The number of hydrogen-bond acceptors (Lipinski definition) is 12. The Balaban J connectivity index is 1.14. The van der Waals surface area contributed by atoms with Gasteiger partial charge in [0.25, 0.3) is 0 Å². The highest BCUT2D eigenvalue weighted by Gasteiger charge is 2.87. The molecule has 280 valence electrons. The number of fused-ring (bicyclic) bond motifs is 4. The first-order valence-corrected chi connectivity index (χ1v) is 18.6. The minimum Gasteiger partial charge on any atom is -0.462 e. The second-order valence-electron chi connectivity index (χ2n) is 18.8. The van der Waals surface area contributed by atoms with Crippen LogP contribution in [0.15, 0.2) is 11.6 Å². The van der Waals surface area contributed by atoms with Crippen molar-refractivity contribution in [2.75, 3.05) is 6.61 Å². The number of Topliss-reactive ketones (excluding diaryl/α,β-unsaturated/α-hetero) is 1. The number of rotatable bonds is 7. The molecule has 3 heterocycles. The van der Waals surface area contributed by atoms with E-state index in [4.69, 9.17) is 23.7 Å². The van der Waals surface area contributed by atoms with Gasteiger partial charge >= 0.3 is 5.97 Å². The second-order valence-corrected chi connectivity index (χ2v) is 18.8. The minimum absolute atomic E-state index is 0.126. The molecular weight excluding hydrogens is 648 g/mol. The van der Waals surface area contributed by atoms with E-state index in [1.807, 2.05) is 20.8 Å². The first-order valence-electron chi connectivity index (χ1n) is 18.6. The number of ether oxygens (including phenoxy) is 5. The Hall–Kier alpha value is -1.48. The van der Waals surface area contributed by atoms with Gasteiger partial charge in [0.05, 0.1) is 23.7 Å². The summed E-state index contributed by atoms with van der Waals surface area (Å²) in [4.78, 5) is 26.5. The maximum atomic E-state index is 13.7. The van der Waals surface area contributed by atoms with Crippen LogP contribution < -0.4 is 0 Å².